The van der Waals surface area contributed by atoms with Gasteiger partial charge in [-0.15, -0.1) is 11.6 Å². The number of hydrogen-bond donors (Lipinski definition) is 0. The SMILES string of the molecule is COC(=O)Cc1c(CCl)cc(C(F)F)nc1OC. The zero-order chi connectivity index (χ0) is 13.7. The molecule has 18 heavy (non-hydrogen) atoms. The zero-order valence-corrected chi connectivity index (χ0v) is 10.6. The molecule has 0 saturated carbocycles. The van der Waals surface area contributed by atoms with Crippen molar-refractivity contribution in [3.05, 3.63) is 22.9 Å². The average Bonchev–Trinajstić information content (AvgIpc) is 2.38. The molecule has 0 aliphatic rings. The van der Waals surface area contributed by atoms with Gasteiger partial charge in [0.2, 0.25) is 5.88 Å². The van der Waals surface area contributed by atoms with Crippen LogP contribution in [-0.4, -0.2) is 25.2 Å². The van der Waals surface area contributed by atoms with Gasteiger partial charge in [-0.3, -0.25) is 4.79 Å². The smallest absolute Gasteiger partial charge is 0.310 e. The first-order valence-corrected chi connectivity index (χ1v) is 5.54. The van der Waals surface area contributed by atoms with Crippen molar-refractivity contribution in [1.29, 1.82) is 0 Å². The molecule has 0 atom stereocenters. The van der Waals surface area contributed by atoms with Crippen LogP contribution < -0.4 is 4.74 Å². The summed E-state index contributed by atoms with van der Waals surface area (Å²) >= 11 is 5.68. The van der Waals surface area contributed by atoms with Crippen molar-refractivity contribution in [2.45, 2.75) is 18.7 Å². The van der Waals surface area contributed by atoms with E-state index >= 15 is 0 Å². The molecule has 0 unspecified atom stereocenters. The second-order valence-corrected chi connectivity index (χ2v) is 3.65. The van der Waals surface area contributed by atoms with Crippen LogP contribution in [0.15, 0.2) is 6.07 Å². The van der Waals surface area contributed by atoms with Crippen molar-refractivity contribution in [2.24, 2.45) is 0 Å². The monoisotopic (exact) mass is 279 g/mol. The summed E-state index contributed by atoms with van der Waals surface area (Å²) in [6.45, 7) is 0. The van der Waals surface area contributed by atoms with E-state index in [-0.39, 0.29) is 18.2 Å². The highest BCUT2D eigenvalue weighted by molar-refractivity contribution is 6.17. The van der Waals surface area contributed by atoms with E-state index in [2.05, 4.69) is 9.72 Å². The summed E-state index contributed by atoms with van der Waals surface area (Å²) in [5.74, 6) is -0.578. The fourth-order valence-electron chi connectivity index (χ4n) is 1.43. The van der Waals surface area contributed by atoms with E-state index in [1.807, 2.05) is 0 Å². The Bertz CT molecular complexity index is 415. The Morgan fingerprint density at radius 1 is 1.50 bits per heavy atom. The number of hydrogen-bond acceptors (Lipinski definition) is 4. The molecule has 0 aliphatic carbocycles. The van der Waals surface area contributed by atoms with Crippen LogP contribution in [0.3, 0.4) is 0 Å². The van der Waals surface area contributed by atoms with Gasteiger partial charge in [-0.25, -0.2) is 13.8 Å². The minimum atomic E-state index is -2.73. The van der Waals surface area contributed by atoms with E-state index in [4.69, 9.17) is 16.3 Å². The molecule has 7 heteroatoms. The number of nitrogens with zero attached hydrogens (tertiary/aromatic N) is 1. The van der Waals surface area contributed by atoms with E-state index < -0.39 is 18.1 Å². The molecule has 100 valence electrons. The molecule has 0 saturated heterocycles. The lowest BCUT2D eigenvalue weighted by Gasteiger charge is -2.12. The summed E-state index contributed by atoms with van der Waals surface area (Å²) in [5.41, 5.74) is 0.309. The maximum absolute atomic E-state index is 12.6. The molecule has 1 rings (SSSR count). The molecule has 0 spiro atoms. The van der Waals surface area contributed by atoms with Crippen molar-refractivity contribution >= 4 is 17.6 Å². The number of pyridine rings is 1. The number of esters is 1. The lowest BCUT2D eigenvalue weighted by molar-refractivity contribution is -0.139. The molecule has 0 aromatic carbocycles. The Morgan fingerprint density at radius 2 is 2.17 bits per heavy atom. The number of carbonyl (C=O) groups excluding carboxylic acids is 1. The Kier molecular flexibility index (Phi) is 5.27. The van der Waals surface area contributed by atoms with Crippen molar-refractivity contribution < 1.29 is 23.0 Å². The van der Waals surface area contributed by atoms with Gasteiger partial charge in [0.05, 0.1) is 20.6 Å². The number of aromatic nitrogens is 1. The second-order valence-electron chi connectivity index (χ2n) is 3.38. The Labute approximate surface area is 108 Å². The van der Waals surface area contributed by atoms with Crippen molar-refractivity contribution in [3.63, 3.8) is 0 Å². The molecular formula is C11H12ClF2NO3. The molecule has 0 aliphatic heterocycles. The van der Waals surface area contributed by atoms with Crippen molar-refractivity contribution in [3.8, 4) is 5.88 Å². The van der Waals surface area contributed by atoms with Gasteiger partial charge in [0.1, 0.15) is 5.69 Å². The topological polar surface area (TPSA) is 48.4 Å². The van der Waals surface area contributed by atoms with Crippen LogP contribution in [0.2, 0.25) is 0 Å². The van der Waals surface area contributed by atoms with Gasteiger partial charge >= 0.3 is 5.97 Å². The Balaban J connectivity index is 3.25. The Hall–Kier alpha value is -1.43. The number of halogens is 3. The Morgan fingerprint density at radius 3 is 2.61 bits per heavy atom. The van der Waals surface area contributed by atoms with E-state index in [1.54, 1.807) is 0 Å². The summed E-state index contributed by atoms with van der Waals surface area (Å²) in [6, 6.07) is 1.17. The van der Waals surface area contributed by atoms with Gasteiger partial charge in [0.25, 0.3) is 6.43 Å². The van der Waals surface area contributed by atoms with Gasteiger partial charge < -0.3 is 9.47 Å². The highest BCUT2D eigenvalue weighted by Crippen LogP contribution is 2.28. The first-order chi connectivity index (χ1) is 8.53. The third-order valence-corrected chi connectivity index (χ3v) is 2.60. The number of alkyl halides is 3. The fourth-order valence-corrected chi connectivity index (χ4v) is 1.66. The first-order valence-electron chi connectivity index (χ1n) is 5.01. The second kappa shape index (κ2) is 6.49. The number of carbonyl (C=O) groups is 1. The molecular weight excluding hydrogens is 268 g/mol. The van der Waals surface area contributed by atoms with Gasteiger partial charge in [0.15, 0.2) is 0 Å². The van der Waals surface area contributed by atoms with E-state index in [9.17, 15) is 13.6 Å². The molecule has 0 radical (unpaired) electrons. The van der Waals surface area contributed by atoms with Crippen LogP contribution in [0.25, 0.3) is 0 Å². The average molecular weight is 280 g/mol. The molecule has 0 N–H and O–H groups in total. The highest BCUT2D eigenvalue weighted by atomic mass is 35.5. The number of ether oxygens (including phenoxy) is 2. The highest BCUT2D eigenvalue weighted by Gasteiger charge is 2.19. The molecule has 0 amide bonds. The van der Waals surface area contributed by atoms with Crippen LogP contribution >= 0.6 is 11.6 Å². The van der Waals surface area contributed by atoms with Crippen LogP contribution in [-0.2, 0) is 21.8 Å². The number of methoxy groups -OCH3 is 2. The molecule has 4 nitrogen and oxygen atoms in total. The molecule has 1 aromatic rings. The van der Waals surface area contributed by atoms with Gasteiger partial charge in [-0.2, -0.15) is 0 Å². The lowest BCUT2D eigenvalue weighted by atomic mass is 10.1. The fraction of sp³-hybridized carbons (Fsp3) is 0.455. The first kappa shape index (κ1) is 14.6. The maximum atomic E-state index is 12.6. The normalized spacial score (nSPS) is 10.6. The summed E-state index contributed by atoms with van der Waals surface area (Å²) < 4.78 is 34.6. The quantitative estimate of drug-likeness (QED) is 0.614. The lowest BCUT2D eigenvalue weighted by Crippen LogP contribution is -2.10. The van der Waals surface area contributed by atoms with Gasteiger partial charge in [-0.1, -0.05) is 0 Å². The summed E-state index contributed by atoms with van der Waals surface area (Å²) in [6.07, 6.45) is -2.86. The predicted molar refractivity (Wildman–Crippen MR) is 61.0 cm³/mol. The van der Waals surface area contributed by atoms with Gasteiger partial charge in [-0.05, 0) is 11.6 Å². The predicted octanol–water partition coefficient (Wildman–Crippen LogP) is 2.48. The maximum Gasteiger partial charge on any atom is 0.310 e. The van der Waals surface area contributed by atoms with Gasteiger partial charge in [0, 0.05) is 11.4 Å². The molecule has 1 aromatic heterocycles. The van der Waals surface area contributed by atoms with Crippen LogP contribution in [0, 0.1) is 0 Å². The third-order valence-electron chi connectivity index (χ3n) is 2.31. The van der Waals surface area contributed by atoms with E-state index in [1.165, 1.54) is 20.3 Å². The van der Waals surface area contributed by atoms with Crippen molar-refractivity contribution in [1.82, 2.24) is 4.98 Å². The summed E-state index contributed by atoms with van der Waals surface area (Å²) in [7, 11) is 2.52. The number of rotatable bonds is 5. The van der Waals surface area contributed by atoms with E-state index in [0.29, 0.717) is 11.1 Å². The van der Waals surface area contributed by atoms with Crippen LogP contribution in [0.5, 0.6) is 5.88 Å². The minimum Gasteiger partial charge on any atom is -0.481 e. The largest absolute Gasteiger partial charge is 0.481 e. The van der Waals surface area contributed by atoms with Crippen LogP contribution in [0.4, 0.5) is 8.78 Å². The zero-order valence-electron chi connectivity index (χ0n) is 9.87. The summed E-state index contributed by atoms with van der Waals surface area (Å²) in [5, 5.41) is 0. The van der Waals surface area contributed by atoms with E-state index in [0.717, 1.165) is 0 Å². The van der Waals surface area contributed by atoms with Crippen LogP contribution in [0.1, 0.15) is 23.2 Å². The van der Waals surface area contributed by atoms with Crippen molar-refractivity contribution in [2.75, 3.05) is 14.2 Å². The minimum absolute atomic E-state index is 0.0229. The molecule has 1 heterocycles. The third kappa shape index (κ3) is 3.29. The standard InChI is InChI=1S/C11H12ClF2NO3/c1-17-9(16)4-7-6(5-12)3-8(10(13)14)15-11(7)18-2/h3,10H,4-5H2,1-2H3. The molecule has 0 bridgehead atoms. The summed E-state index contributed by atoms with van der Waals surface area (Å²) in [4.78, 5) is 14.9. The molecule has 0 fully saturated rings.